The second-order valence-electron chi connectivity index (χ2n) is 3.07. The van der Waals surface area contributed by atoms with Gasteiger partial charge in [-0.2, -0.15) is 0 Å². The Kier molecular flexibility index (Phi) is 4.53. The molecule has 1 saturated heterocycles. The second kappa shape index (κ2) is 5.48. The Hall–Kier alpha value is -0.160. The maximum atomic E-state index is 5.40. The van der Waals surface area contributed by atoms with Gasteiger partial charge in [-0.15, -0.1) is 0 Å². The molecule has 1 atom stereocenters. The van der Waals surface area contributed by atoms with Gasteiger partial charge in [0.2, 0.25) is 0 Å². The van der Waals surface area contributed by atoms with Crippen molar-refractivity contribution in [3.8, 4) is 0 Å². The van der Waals surface area contributed by atoms with Gasteiger partial charge in [0.25, 0.3) is 0 Å². The van der Waals surface area contributed by atoms with Crippen molar-refractivity contribution < 1.29 is 4.74 Å². The van der Waals surface area contributed by atoms with E-state index in [1.54, 1.807) is 0 Å². The highest BCUT2D eigenvalue weighted by molar-refractivity contribution is 4.67. The second-order valence-corrected chi connectivity index (χ2v) is 3.07. The summed E-state index contributed by atoms with van der Waals surface area (Å²) in [5.74, 6) is 0. The van der Waals surface area contributed by atoms with E-state index < -0.39 is 0 Å². The molecule has 1 fully saturated rings. The topological polar surface area (TPSA) is 50.5 Å². The molecule has 0 spiro atoms. The molecule has 0 aliphatic carbocycles. The number of ether oxygens (including phenoxy) is 1. The average molecular weight is 173 g/mol. The summed E-state index contributed by atoms with van der Waals surface area (Å²) in [5, 5.41) is 3.35. The summed E-state index contributed by atoms with van der Waals surface area (Å²) in [6.07, 6.45) is 0.428. The SMILES string of the molecule is CC(NCCN)N1CCOCC1. The number of nitrogens with two attached hydrogens (primary N) is 1. The molecular weight excluding hydrogens is 154 g/mol. The van der Waals surface area contributed by atoms with E-state index in [2.05, 4.69) is 17.1 Å². The van der Waals surface area contributed by atoms with Gasteiger partial charge in [0, 0.05) is 26.2 Å². The van der Waals surface area contributed by atoms with Crippen LogP contribution in [0.4, 0.5) is 0 Å². The molecule has 1 aliphatic rings. The van der Waals surface area contributed by atoms with Crippen molar-refractivity contribution in [2.75, 3.05) is 39.4 Å². The molecule has 1 rings (SSSR count). The fraction of sp³-hybridized carbons (Fsp3) is 1.00. The molecule has 4 nitrogen and oxygen atoms in total. The molecule has 0 aromatic carbocycles. The predicted molar refractivity (Wildman–Crippen MR) is 48.9 cm³/mol. The quantitative estimate of drug-likeness (QED) is 0.585. The van der Waals surface area contributed by atoms with Crippen LogP contribution in [0.2, 0.25) is 0 Å². The van der Waals surface area contributed by atoms with Gasteiger partial charge >= 0.3 is 0 Å². The Morgan fingerprint density at radius 3 is 2.75 bits per heavy atom. The zero-order valence-corrected chi connectivity index (χ0v) is 7.75. The minimum atomic E-state index is 0.428. The Labute approximate surface area is 74.1 Å². The lowest BCUT2D eigenvalue weighted by Gasteiger charge is -2.32. The number of nitrogens with one attached hydrogen (secondary N) is 1. The van der Waals surface area contributed by atoms with Gasteiger partial charge < -0.3 is 15.8 Å². The minimum Gasteiger partial charge on any atom is -0.379 e. The van der Waals surface area contributed by atoms with Crippen LogP contribution in [0, 0.1) is 0 Å². The fourth-order valence-electron chi connectivity index (χ4n) is 1.39. The maximum Gasteiger partial charge on any atom is 0.0594 e. The first kappa shape index (κ1) is 9.92. The van der Waals surface area contributed by atoms with Crippen molar-refractivity contribution in [1.29, 1.82) is 0 Å². The van der Waals surface area contributed by atoms with Crippen molar-refractivity contribution in [2.45, 2.75) is 13.1 Å². The summed E-state index contributed by atoms with van der Waals surface area (Å²) >= 11 is 0. The highest BCUT2D eigenvalue weighted by Crippen LogP contribution is 2.00. The van der Waals surface area contributed by atoms with Crippen LogP contribution in [-0.4, -0.2) is 50.5 Å². The van der Waals surface area contributed by atoms with Gasteiger partial charge in [-0.05, 0) is 6.92 Å². The first-order valence-electron chi connectivity index (χ1n) is 4.60. The summed E-state index contributed by atoms with van der Waals surface area (Å²) in [4.78, 5) is 2.37. The van der Waals surface area contributed by atoms with Crippen LogP contribution in [0.3, 0.4) is 0 Å². The third-order valence-electron chi connectivity index (χ3n) is 2.18. The lowest BCUT2D eigenvalue weighted by molar-refractivity contribution is 0.0135. The van der Waals surface area contributed by atoms with Crippen LogP contribution >= 0.6 is 0 Å². The molecule has 0 aromatic rings. The Morgan fingerprint density at radius 1 is 1.50 bits per heavy atom. The van der Waals surface area contributed by atoms with Crippen LogP contribution in [0.15, 0.2) is 0 Å². The van der Waals surface area contributed by atoms with E-state index in [4.69, 9.17) is 10.5 Å². The van der Waals surface area contributed by atoms with Crippen LogP contribution in [0.5, 0.6) is 0 Å². The van der Waals surface area contributed by atoms with E-state index >= 15 is 0 Å². The molecule has 1 heterocycles. The molecule has 1 aliphatic heterocycles. The lowest BCUT2D eigenvalue weighted by atomic mass is 10.3. The van der Waals surface area contributed by atoms with Gasteiger partial charge in [0.15, 0.2) is 0 Å². The lowest BCUT2D eigenvalue weighted by Crippen LogP contribution is -2.49. The first-order chi connectivity index (χ1) is 5.84. The molecule has 0 amide bonds. The van der Waals surface area contributed by atoms with Crippen LogP contribution in [0.25, 0.3) is 0 Å². The van der Waals surface area contributed by atoms with E-state index in [0.29, 0.717) is 12.7 Å². The van der Waals surface area contributed by atoms with E-state index in [1.807, 2.05) is 0 Å². The standard InChI is InChI=1S/C8H19N3O/c1-8(10-3-2-9)11-4-6-12-7-5-11/h8,10H,2-7,9H2,1H3. The van der Waals surface area contributed by atoms with E-state index in [-0.39, 0.29) is 0 Å². The molecule has 0 bridgehead atoms. The highest BCUT2D eigenvalue weighted by Gasteiger charge is 2.15. The van der Waals surface area contributed by atoms with Crippen LogP contribution < -0.4 is 11.1 Å². The fourth-order valence-corrected chi connectivity index (χ4v) is 1.39. The van der Waals surface area contributed by atoms with E-state index in [1.165, 1.54) is 0 Å². The molecule has 12 heavy (non-hydrogen) atoms. The molecule has 72 valence electrons. The molecule has 1 unspecified atom stereocenters. The van der Waals surface area contributed by atoms with Gasteiger partial charge in [-0.1, -0.05) is 0 Å². The van der Waals surface area contributed by atoms with Gasteiger partial charge in [-0.3, -0.25) is 4.90 Å². The monoisotopic (exact) mass is 173 g/mol. The summed E-state index contributed by atoms with van der Waals surface area (Å²) in [6.45, 7) is 7.52. The van der Waals surface area contributed by atoms with Crippen molar-refractivity contribution >= 4 is 0 Å². The number of rotatable bonds is 4. The van der Waals surface area contributed by atoms with Crippen molar-refractivity contribution in [1.82, 2.24) is 10.2 Å². The third-order valence-corrected chi connectivity index (χ3v) is 2.18. The predicted octanol–water partition coefficient (Wildman–Crippen LogP) is -0.787. The zero-order valence-electron chi connectivity index (χ0n) is 7.75. The number of hydrogen-bond acceptors (Lipinski definition) is 4. The Balaban J connectivity index is 2.15. The summed E-state index contributed by atoms with van der Waals surface area (Å²) in [7, 11) is 0. The summed E-state index contributed by atoms with van der Waals surface area (Å²) < 4.78 is 5.26. The highest BCUT2D eigenvalue weighted by atomic mass is 16.5. The number of nitrogens with zero attached hydrogens (tertiary/aromatic N) is 1. The average Bonchev–Trinajstić information content (AvgIpc) is 2.15. The van der Waals surface area contributed by atoms with Crippen molar-refractivity contribution in [2.24, 2.45) is 5.73 Å². The smallest absolute Gasteiger partial charge is 0.0594 e. The first-order valence-corrected chi connectivity index (χ1v) is 4.60. The van der Waals surface area contributed by atoms with Crippen LogP contribution in [0.1, 0.15) is 6.92 Å². The molecule has 0 aromatic heterocycles. The minimum absolute atomic E-state index is 0.428. The van der Waals surface area contributed by atoms with Gasteiger partial charge in [0.1, 0.15) is 0 Å². The van der Waals surface area contributed by atoms with Gasteiger partial charge in [0.05, 0.1) is 19.4 Å². The Morgan fingerprint density at radius 2 is 2.17 bits per heavy atom. The molecule has 0 saturated carbocycles. The van der Waals surface area contributed by atoms with E-state index in [9.17, 15) is 0 Å². The summed E-state index contributed by atoms with van der Waals surface area (Å²) in [6, 6.07) is 0. The summed E-state index contributed by atoms with van der Waals surface area (Å²) in [5.41, 5.74) is 5.40. The largest absolute Gasteiger partial charge is 0.379 e. The van der Waals surface area contributed by atoms with E-state index in [0.717, 1.165) is 32.8 Å². The number of hydrogen-bond donors (Lipinski definition) is 2. The molecule has 0 radical (unpaired) electrons. The maximum absolute atomic E-state index is 5.40. The van der Waals surface area contributed by atoms with Crippen LogP contribution in [-0.2, 0) is 4.74 Å². The molecular formula is C8H19N3O. The van der Waals surface area contributed by atoms with Crippen molar-refractivity contribution in [3.05, 3.63) is 0 Å². The zero-order chi connectivity index (χ0) is 8.81. The molecule has 4 heteroatoms. The normalized spacial score (nSPS) is 22.5. The number of morpholine rings is 1. The third kappa shape index (κ3) is 3.06. The van der Waals surface area contributed by atoms with Gasteiger partial charge in [-0.25, -0.2) is 0 Å². The Bertz CT molecular complexity index is 115. The van der Waals surface area contributed by atoms with Crippen molar-refractivity contribution in [3.63, 3.8) is 0 Å². The molecule has 3 N–H and O–H groups in total.